The first-order valence-electron chi connectivity index (χ1n) is 5.74. The number of nitrogens with zero attached hydrogens (tertiary/aromatic N) is 2. The zero-order valence-electron chi connectivity index (χ0n) is 9.95. The van der Waals surface area contributed by atoms with Crippen LogP contribution in [-0.2, 0) is 0 Å². The predicted octanol–water partition coefficient (Wildman–Crippen LogP) is 3.60. The molecule has 2 N–H and O–H groups in total. The molecular formula is C14H11N3OS. The van der Waals surface area contributed by atoms with Crippen LogP contribution in [0.1, 0.15) is 0 Å². The molecule has 1 heterocycles. The van der Waals surface area contributed by atoms with Gasteiger partial charge in [0.15, 0.2) is 0 Å². The fourth-order valence-electron chi connectivity index (χ4n) is 1.89. The molecule has 0 amide bonds. The lowest BCUT2D eigenvalue weighted by atomic mass is 10.1. The van der Waals surface area contributed by atoms with Gasteiger partial charge in [0.2, 0.25) is 5.13 Å². The van der Waals surface area contributed by atoms with Crippen molar-refractivity contribution in [3.63, 3.8) is 0 Å². The highest BCUT2D eigenvalue weighted by atomic mass is 32.1. The Hall–Kier alpha value is -2.24. The smallest absolute Gasteiger partial charge is 0.211 e. The summed E-state index contributed by atoms with van der Waals surface area (Å²) in [6.45, 7) is 0. The molecule has 0 saturated carbocycles. The summed E-state index contributed by atoms with van der Waals surface area (Å²) < 4.78 is 0. The molecule has 0 aliphatic heterocycles. The number of aliphatic imine (C=N–C) groups is 1. The van der Waals surface area contributed by atoms with Crippen molar-refractivity contribution < 1.29 is 5.21 Å². The average molecular weight is 269 g/mol. The first-order valence-corrected chi connectivity index (χ1v) is 6.61. The van der Waals surface area contributed by atoms with Crippen LogP contribution in [0.15, 0.2) is 52.8 Å². The third kappa shape index (κ3) is 2.47. The van der Waals surface area contributed by atoms with Crippen molar-refractivity contribution in [1.29, 1.82) is 0 Å². The Balaban J connectivity index is 1.99. The van der Waals surface area contributed by atoms with Crippen LogP contribution < -0.4 is 5.48 Å². The van der Waals surface area contributed by atoms with E-state index in [1.807, 2.05) is 23.0 Å². The largest absolute Gasteiger partial charge is 0.290 e. The van der Waals surface area contributed by atoms with Gasteiger partial charge in [-0.1, -0.05) is 36.4 Å². The van der Waals surface area contributed by atoms with E-state index >= 15 is 0 Å². The molecule has 0 aliphatic rings. The van der Waals surface area contributed by atoms with Crippen LogP contribution in [0.3, 0.4) is 0 Å². The molecule has 0 unspecified atom stereocenters. The Morgan fingerprint density at radius 1 is 1.16 bits per heavy atom. The molecule has 0 aliphatic carbocycles. The average Bonchev–Trinajstić information content (AvgIpc) is 2.93. The van der Waals surface area contributed by atoms with E-state index in [2.05, 4.69) is 40.3 Å². The minimum absolute atomic E-state index is 0.602. The molecule has 0 atom stereocenters. The van der Waals surface area contributed by atoms with E-state index in [1.165, 1.54) is 28.4 Å². The Morgan fingerprint density at radius 3 is 2.84 bits per heavy atom. The van der Waals surface area contributed by atoms with E-state index in [9.17, 15) is 0 Å². The second-order valence-electron chi connectivity index (χ2n) is 3.96. The number of fused-ring (bicyclic) bond motifs is 1. The Kier molecular flexibility index (Phi) is 3.22. The van der Waals surface area contributed by atoms with Crippen molar-refractivity contribution in [2.45, 2.75) is 0 Å². The maximum Gasteiger partial charge on any atom is 0.211 e. The monoisotopic (exact) mass is 269 g/mol. The van der Waals surface area contributed by atoms with Gasteiger partial charge in [0.05, 0.1) is 5.69 Å². The lowest BCUT2D eigenvalue weighted by Crippen LogP contribution is -2.00. The number of nitrogens with one attached hydrogen (secondary N) is 1. The normalized spacial score (nSPS) is 11.2. The molecule has 3 aromatic rings. The van der Waals surface area contributed by atoms with Crippen molar-refractivity contribution in [3.8, 4) is 11.3 Å². The number of thiazole rings is 1. The minimum atomic E-state index is 0.602. The molecule has 4 nitrogen and oxygen atoms in total. The standard InChI is InChI=1S/C14H11N3OS/c18-16-9-15-14-17-13(8-19-14)12-6-5-10-3-1-2-4-11(10)7-12/h1-9,18H,(H,15,16,17). The number of aromatic nitrogens is 1. The minimum Gasteiger partial charge on any atom is -0.290 e. The summed E-state index contributed by atoms with van der Waals surface area (Å²) >= 11 is 1.43. The van der Waals surface area contributed by atoms with Crippen LogP contribution >= 0.6 is 11.3 Å². The molecule has 19 heavy (non-hydrogen) atoms. The van der Waals surface area contributed by atoms with Crippen LogP contribution in [0.25, 0.3) is 22.0 Å². The first kappa shape index (κ1) is 11.8. The number of hydrogen-bond donors (Lipinski definition) is 2. The van der Waals surface area contributed by atoms with E-state index in [4.69, 9.17) is 5.21 Å². The first-order chi connectivity index (χ1) is 9.36. The number of benzene rings is 2. The van der Waals surface area contributed by atoms with Gasteiger partial charge in [-0.15, -0.1) is 11.3 Å². The molecule has 2 aromatic carbocycles. The molecule has 94 valence electrons. The molecule has 0 fully saturated rings. The van der Waals surface area contributed by atoms with Gasteiger partial charge >= 0.3 is 0 Å². The zero-order chi connectivity index (χ0) is 13.1. The lowest BCUT2D eigenvalue weighted by molar-refractivity contribution is 0.240. The third-order valence-corrected chi connectivity index (χ3v) is 3.52. The maximum absolute atomic E-state index is 8.45. The van der Waals surface area contributed by atoms with Gasteiger partial charge < -0.3 is 0 Å². The topological polar surface area (TPSA) is 57.5 Å². The van der Waals surface area contributed by atoms with Crippen LogP contribution in [0, 0.1) is 0 Å². The van der Waals surface area contributed by atoms with Crippen LogP contribution in [0.2, 0.25) is 0 Å². The van der Waals surface area contributed by atoms with Crippen molar-refractivity contribution in [1.82, 2.24) is 10.5 Å². The van der Waals surface area contributed by atoms with Gasteiger partial charge in [0.25, 0.3) is 0 Å². The summed E-state index contributed by atoms with van der Waals surface area (Å²) in [5.74, 6) is 0. The lowest BCUT2D eigenvalue weighted by Gasteiger charge is -2.00. The summed E-state index contributed by atoms with van der Waals surface area (Å²) in [4.78, 5) is 8.35. The van der Waals surface area contributed by atoms with E-state index in [0.717, 1.165) is 11.3 Å². The van der Waals surface area contributed by atoms with Crippen LogP contribution in [0.4, 0.5) is 5.13 Å². The van der Waals surface area contributed by atoms with Crippen molar-refractivity contribution in [3.05, 3.63) is 47.8 Å². The summed E-state index contributed by atoms with van der Waals surface area (Å²) in [5.41, 5.74) is 3.82. The molecule has 5 heteroatoms. The molecule has 0 saturated heterocycles. The third-order valence-electron chi connectivity index (χ3n) is 2.77. The number of rotatable bonds is 3. The molecule has 0 radical (unpaired) electrons. The van der Waals surface area contributed by atoms with E-state index in [-0.39, 0.29) is 0 Å². The molecule has 3 rings (SSSR count). The number of hydrogen-bond acceptors (Lipinski definition) is 4. The van der Waals surface area contributed by atoms with Crippen molar-refractivity contribution in [2.75, 3.05) is 0 Å². The Bertz CT molecular complexity index is 736. The summed E-state index contributed by atoms with van der Waals surface area (Å²) in [7, 11) is 0. The van der Waals surface area contributed by atoms with Crippen LogP contribution in [-0.4, -0.2) is 16.5 Å². The van der Waals surface area contributed by atoms with E-state index in [1.54, 1.807) is 0 Å². The highest BCUT2D eigenvalue weighted by Gasteiger charge is 2.04. The van der Waals surface area contributed by atoms with Crippen LogP contribution in [0.5, 0.6) is 0 Å². The Labute approximate surface area is 114 Å². The number of hydroxylamine groups is 1. The molecule has 0 bridgehead atoms. The second kappa shape index (κ2) is 5.17. The molecule has 1 aromatic heterocycles. The summed E-state index contributed by atoms with van der Waals surface area (Å²) in [6, 6.07) is 14.5. The molecular weight excluding hydrogens is 258 g/mol. The van der Waals surface area contributed by atoms with Gasteiger partial charge in [-0.05, 0) is 16.8 Å². The van der Waals surface area contributed by atoms with Gasteiger partial charge in [-0.2, -0.15) is 0 Å². The van der Waals surface area contributed by atoms with Gasteiger partial charge in [-0.3, -0.25) is 10.7 Å². The zero-order valence-corrected chi connectivity index (χ0v) is 10.8. The SMILES string of the molecule is ON/C=N/c1nc(-c2ccc3ccccc3c2)cs1. The van der Waals surface area contributed by atoms with Gasteiger partial charge in [0, 0.05) is 10.9 Å². The second-order valence-corrected chi connectivity index (χ2v) is 4.80. The fourth-order valence-corrected chi connectivity index (χ4v) is 2.56. The van der Waals surface area contributed by atoms with Crippen molar-refractivity contribution >= 4 is 33.6 Å². The Morgan fingerprint density at radius 2 is 2.00 bits per heavy atom. The quantitative estimate of drug-likeness (QED) is 0.434. The van der Waals surface area contributed by atoms with Gasteiger partial charge in [-0.25, -0.2) is 9.98 Å². The maximum atomic E-state index is 8.45. The van der Waals surface area contributed by atoms with Gasteiger partial charge in [0.1, 0.15) is 6.34 Å². The molecule has 0 spiro atoms. The highest BCUT2D eigenvalue weighted by Crippen LogP contribution is 2.28. The summed E-state index contributed by atoms with van der Waals surface area (Å²) in [6.07, 6.45) is 1.20. The highest BCUT2D eigenvalue weighted by molar-refractivity contribution is 7.13. The fraction of sp³-hybridized carbons (Fsp3) is 0. The van der Waals surface area contributed by atoms with E-state index < -0.39 is 0 Å². The predicted molar refractivity (Wildman–Crippen MR) is 78.1 cm³/mol. The van der Waals surface area contributed by atoms with E-state index in [0.29, 0.717) is 5.13 Å². The van der Waals surface area contributed by atoms with Crippen molar-refractivity contribution in [2.24, 2.45) is 4.99 Å². The summed E-state index contributed by atoms with van der Waals surface area (Å²) in [5, 5.41) is 13.4.